The van der Waals surface area contributed by atoms with E-state index in [2.05, 4.69) is 15.1 Å². The van der Waals surface area contributed by atoms with Crippen LogP contribution in [0.1, 0.15) is 52.1 Å². The maximum absolute atomic E-state index is 11.4. The number of aryl methyl sites for hydroxylation is 2. The van der Waals surface area contributed by atoms with Crippen molar-refractivity contribution in [1.82, 2.24) is 15.1 Å². The summed E-state index contributed by atoms with van der Waals surface area (Å²) in [6.45, 7) is 3.63. The molecule has 3 rings (SSSR count). The van der Waals surface area contributed by atoms with Gasteiger partial charge in [0.05, 0.1) is 11.3 Å². The van der Waals surface area contributed by atoms with Crippen LogP contribution >= 0.6 is 11.8 Å². The molecule has 0 bridgehead atoms. The number of hydrogen-bond donors (Lipinski definition) is 1. The zero-order valence-corrected chi connectivity index (χ0v) is 12.6. The molecule has 0 aliphatic heterocycles. The van der Waals surface area contributed by atoms with Gasteiger partial charge in [-0.05, 0) is 38.3 Å². The lowest BCUT2D eigenvalue weighted by molar-refractivity contribution is 0.0691. The minimum absolute atomic E-state index is 0.243. The molecule has 21 heavy (non-hydrogen) atoms. The molecule has 1 N–H and O–H groups in total. The lowest BCUT2D eigenvalue weighted by Gasteiger charge is -2.08. The Labute approximate surface area is 126 Å². The molecule has 1 aliphatic rings. The normalized spacial score (nSPS) is 14.4. The fourth-order valence-corrected chi connectivity index (χ4v) is 3.11. The van der Waals surface area contributed by atoms with Crippen LogP contribution in [-0.4, -0.2) is 26.2 Å². The summed E-state index contributed by atoms with van der Waals surface area (Å²) in [6, 6.07) is 1.77. The second kappa shape index (κ2) is 5.48. The summed E-state index contributed by atoms with van der Waals surface area (Å²) in [7, 11) is 0. The molecule has 2 heterocycles. The van der Waals surface area contributed by atoms with Crippen LogP contribution in [-0.2, 0) is 5.75 Å². The average Bonchev–Trinajstić information content (AvgIpc) is 3.14. The minimum Gasteiger partial charge on any atom is -0.478 e. The van der Waals surface area contributed by atoms with Crippen LogP contribution in [0.5, 0.6) is 0 Å². The number of thioether (sulfide) groups is 1. The molecule has 0 aromatic carbocycles. The van der Waals surface area contributed by atoms with Crippen LogP contribution in [0.15, 0.2) is 15.6 Å². The summed E-state index contributed by atoms with van der Waals surface area (Å²) in [6.07, 6.45) is 2.24. The van der Waals surface area contributed by atoms with Gasteiger partial charge in [0.25, 0.3) is 0 Å². The zero-order chi connectivity index (χ0) is 15.0. The fourth-order valence-electron chi connectivity index (χ4n) is 2.13. The summed E-state index contributed by atoms with van der Waals surface area (Å²) in [5.41, 5.74) is 1.75. The third-order valence-electron chi connectivity index (χ3n) is 3.28. The van der Waals surface area contributed by atoms with E-state index in [9.17, 15) is 9.90 Å². The van der Waals surface area contributed by atoms with Gasteiger partial charge < -0.3 is 9.63 Å². The molecule has 0 atom stereocenters. The molecule has 2 aromatic heterocycles. The molecule has 6 nitrogen and oxygen atoms in total. The van der Waals surface area contributed by atoms with Gasteiger partial charge in [0.2, 0.25) is 5.89 Å². The highest BCUT2D eigenvalue weighted by Gasteiger charge is 2.28. The van der Waals surface area contributed by atoms with Crippen molar-refractivity contribution in [2.45, 2.75) is 43.4 Å². The number of carboxylic acid groups (broad SMARTS) is 1. The first-order valence-electron chi connectivity index (χ1n) is 6.71. The number of nitrogens with zero attached hydrogens (tertiary/aromatic N) is 3. The smallest absolute Gasteiger partial charge is 0.338 e. The number of pyridine rings is 1. The topological polar surface area (TPSA) is 89.1 Å². The Balaban J connectivity index is 1.78. The molecule has 1 fully saturated rings. The second-order valence-corrected chi connectivity index (χ2v) is 6.14. The molecule has 0 spiro atoms. The van der Waals surface area contributed by atoms with Crippen LogP contribution in [0.25, 0.3) is 0 Å². The van der Waals surface area contributed by atoms with Gasteiger partial charge in [0, 0.05) is 11.6 Å². The van der Waals surface area contributed by atoms with Gasteiger partial charge >= 0.3 is 5.97 Å². The Bertz CT molecular complexity index is 695. The van der Waals surface area contributed by atoms with Gasteiger partial charge in [0.15, 0.2) is 5.82 Å². The second-order valence-electron chi connectivity index (χ2n) is 5.18. The number of carbonyl (C=O) groups is 1. The minimum atomic E-state index is -0.966. The summed E-state index contributed by atoms with van der Waals surface area (Å²) in [5, 5.41) is 13.8. The van der Waals surface area contributed by atoms with Crippen molar-refractivity contribution in [1.29, 1.82) is 0 Å². The summed E-state index contributed by atoms with van der Waals surface area (Å²) < 4.78 is 5.19. The number of aromatic carboxylic acids is 1. The third kappa shape index (κ3) is 3.07. The van der Waals surface area contributed by atoms with E-state index in [0.29, 0.717) is 28.2 Å². The van der Waals surface area contributed by atoms with Crippen LogP contribution in [0.3, 0.4) is 0 Å². The van der Waals surface area contributed by atoms with E-state index >= 15 is 0 Å². The molecular formula is C14H15N3O3S. The molecule has 0 radical (unpaired) electrons. The van der Waals surface area contributed by atoms with Gasteiger partial charge in [-0.1, -0.05) is 16.9 Å². The molecule has 7 heteroatoms. The van der Waals surface area contributed by atoms with Crippen molar-refractivity contribution >= 4 is 17.7 Å². The summed E-state index contributed by atoms with van der Waals surface area (Å²) in [4.78, 5) is 20.0. The Kier molecular flexibility index (Phi) is 3.67. The molecule has 0 amide bonds. The summed E-state index contributed by atoms with van der Waals surface area (Å²) >= 11 is 1.31. The quantitative estimate of drug-likeness (QED) is 0.849. The first-order chi connectivity index (χ1) is 10.0. The van der Waals surface area contributed by atoms with E-state index in [1.165, 1.54) is 11.8 Å². The van der Waals surface area contributed by atoms with Crippen molar-refractivity contribution in [2.75, 3.05) is 0 Å². The van der Waals surface area contributed by atoms with E-state index < -0.39 is 5.97 Å². The van der Waals surface area contributed by atoms with Crippen LogP contribution < -0.4 is 0 Å². The number of aromatic nitrogens is 3. The number of rotatable bonds is 5. The standard InChI is InChI=1S/C14H15N3O3S/c1-7-5-8(2)15-13(11(7)14(18)19)21-6-10-16-12(17-20-10)9-3-4-9/h5,9H,3-4,6H2,1-2H3,(H,18,19). The van der Waals surface area contributed by atoms with Gasteiger partial charge in [-0.25, -0.2) is 9.78 Å². The highest BCUT2D eigenvalue weighted by molar-refractivity contribution is 7.98. The van der Waals surface area contributed by atoms with Gasteiger partial charge in [-0.3, -0.25) is 0 Å². The molecule has 1 aliphatic carbocycles. The SMILES string of the molecule is Cc1cc(C)c(C(=O)O)c(SCc2nc(C3CC3)no2)n1. The average molecular weight is 305 g/mol. The van der Waals surface area contributed by atoms with E-state index in [1.54, 1.807) is 13.0 Å². The number of carboxylic acids is 1. The highest BCUT2D eigenvalue weighted by Crippen LogP contribution is 2.38. The van der Waals surface area contributed by atoms with Crippen molar-refractivity contribution in [3.63, 3.8) is 0 Å². The maximum atomic E-state index is 11.4. The van der Waals surface area contributed by atoms with E-state index in [-0.39, 0.29) is 5.56 Å². The lowest BCUT2D eigenvalue weighted by Crippen LogP contribution is -2.05. The van der Waals surface area contributed by atoms with E-state index in [4.69, 9.17) is 4.52 Å². The predicted molar refractivity (Wildman–Crippen MR) is 76.5 cm³/mol. The Morgan fingerprint density at radius 1 is 1.43 bits per heavy atom. The van der Waals surface area contributed by atoms with E-state index in [0.717, 1.165) is 24.4 Å². The third-order valence-corrected chi connectivity index (χ3v) is 4.24. The fraction of sp³-hybridized carbons (Fsp3) is 0.429. The maximum Gasteiger partial charge on any atom is 0.338 e. The highest BCUT2D eigenvalue weighted by atomic mass is 32.2. The zero-order valence-electron chi connectivity index (χ0n) is 11.8. The van der Waals surface area contributed by atoms with Crippen LogP contribution in [0.4, 0.5) is 0 Å². The molecule has 110 valence electrons. The Morgan fingerprint density at radius 2 is 2.19 bits per heavy atom. The van der Waals surface area contributed by atoms with Crippen molar-refractivity contribution in [3.05, 3.63) is 34.6 Å². The monoisotopic (exact) mass is 305 g/mol. The summed E-state index contributed by atoms with van der Waals surface area (Å²) in [5.74, 6) is 1.18. The van der Waals surface area contributed by atoms with Gasteiger partial charge in [-0.2, -0.15) is 4.98 Å². The Morgan fingerprint density at radius 3 is 2.86 bits per heavy atom. The first-order valence-corrected chi connectivity index (χ1v) is 7.70. The van der Waals surface area contributed by atoms with Crippen LogP contribution in [0.2, 0.25) is 0 Å². The Hall–Kier alpha value is -1.89. The molecule has 1 saturated carbocycles. The lowest BCUT2D eigenvalue weighted by atomic mass is 10.1. The molecule has 2 aromatic rings. The number of hydrogen-bond acceptors (Lipinski definition) is 6. The molecular weight excluding hydrogens is 290 g/mol. The van der Waals surface area contributed by atoms with Gasteiger partial charge in [0.1, 0.15) is 5.03 Å². The molecule has 0 unspecified atom stereocenters. The van der Waals surface area contributed by atoms with Crippen molar-refractivity contribution < 1.29 is 14.4 Å². The van der Waals surface area contributed by atoms with E-state index in [1.807, 2.05) is 6.92 Å². The van der Waals surface area contributed by atoms with Crippen molar-refractivity contribution in [2.24, 2.45) is 0 Å². The van der Waals surface area contributed by atoms with Gasteiger partial charge in [-0.15, -0.1) is 0 Å². The van der Waals surface area contributed by atoms with Crippen LogP contribution in [0, 0.1) is 13.8 Å². The van der Waals surface area contributed by atoms with Crippen molar-refractivity contribution in [3.8, 4) is 0 Å². The largest absolute Gasteiger partial charge is 0.478 e. The molecule has 0 saturated heterocycles. The predicted octanol–water partition coefficient (Wildman–Crippen LogP) is 2.95. The first kappa shape index (κ1) is 14.1.